The van der Waals surface area contributed by atoms with Crippen LogP contribution < -0.4 is 0 Å². The van der Waals surface area contributed by atoms with Crippen molar-refractivity contribution in [3.63, 3.8) is 0 Å². The Labute approximate surface area is 204 Å². The van der Waals surface area contributed by atoms with Gasteiger partial charge in [0.2, 0.25) is 0 Å². The van der Waals surface area contributed by atoms with Crippen LogP contribution in [0.25, 0.3) is 0 Å². The molecule has 2 nitrogen and oxygen atoms in total. The summed E-state index contributed by atoms with van der Waals surface area (Å²) in [6.07, 6.45) is 14.0. The maximum atomic E-state index is 7.34. The van der Waals surface area contributed by atoms with E-state index < -0.39 is 0 Å². The minimum Gasteiger partial charge on any atom is -0.367 e. The van der Waals surface area contributed by atoms with Crippen LogP contribution in [0.1, 0.15) is 127 Å². The summed E-state index contributed by atoms with van der Waals surface area (Å²) >= 11 is 0. The molecule has 2 saturated heterocycles. The van der Waals surface area contributed by atoms with Crippen molar-refractivity contribution in [1.29, 1.82) is 0 Å². The summed E-state index contributed by atoms with van der Waals surface area (Å²) in [7, 11) is 0. The van der Waals surface area contributed by atoms with Crippen LogP contribution in [-0.4, -0.2) is 22.9 Å². The molecule has 10 atom stereocenters. The van der Waals surface area contributed by atoms with Gasteiger partial charge in [-0.2, -0.15) is 0 Å². The first-order valence-corrected chi connectivity index (χ1v) is 14.6. The molecule has 0 spiro atoms. The van der Waals surface area contributed by atoms with Gasteiger partial charge in [-0.15, -0.1) is 0 Å². The smallest absolute Gasteiger partial charge is 0.104 e. The van der Waals surface area contributed by atoms with Crippen LogP contribution in [0.4, 0.5) is 0 Å². The van der Waals surface area contributed by atoms with Gasteiger partial charge in [-0.25, -0.2) is 0 Å². The van der Waals surface area contributed by atoms with E-state index in [1.165, 1.54) is 64.2 Å². The van der Waals surface area contributed by atoms with Gasteiger partial charge in [0.15, 0.2) is 0 Å². The highest BCUT2D eigenvalue weighted by molar-refractivity contribution is 5.37. The molecule has 4 saturated carbocycles. The van der Waals surface area contributed by atoms with Gasteiger partial charge in [0.25, 0.3) is 0 Å². The van der Waals surface area contributed by atoms with E-state index >= 15 is 0 Å². The van der Waals surface area contributed by atoms with Gasteiger partial charge in [0, 0.05) is 10.8 Å². The molecule has 6 aliphatic rings. The Bertz CT molecular complexity index is 846. The average molecular weight is 457 g/mol. The quantitative estimate of drug-likeness (QED) is 0.398. The fourth-order valence-electron chi connectivity index (χ4n) is 11.5. The zero-order valence-electron chi connectivity index (χ0n) is 23.3. The minimum atomic E-state index is 0.137. The summed E-state index contributed by atoms with van der Waals surface area (Å²) in [5, 5.41) is 0. The topological polar surface area (TPSA) is 25.1 Å². The van der Waals surface area contributed by atoms with E-state index in [1.54, 1.807) is 0 Å². The average Bonchev–Trinajstić information content (AvgIpc) is 3.57. The molecular weight excluding hydrogens is 404 g/mol. The van der Waals surface area contributed by atoms with E-state index in [0.717, 1.165) is 23.7 Å². The van der Waals surface area contributed by atoms with Crippen molar-refractivity contribution >= 4 is 0 Å². The summed E-state index contributed by atoms with van der Waals surface area (Å²) < 4.78 is 13.3. The van der Waals surface area contributed by atoms with Crippen molar-refractivity contribution in [3.8, 4) is 0 Å². The molecule has 2 heteroatoms. The zero-order valence-corrected chi connectivity index (χ0v) is 23.3. The number of hydrogen-bond acceptors (Lipinski definition) is 2. The largest absolute Gasteiger partial charge is 0.367 e. The Hall–Kier alpha value is -0.0800. The van der Waals surface area contributed by atoms with E-state index in [2.05, 4.69) is 62.3 Å². The number of ether oxygens (including phenoxy) is 2. The van der Waals surface area contributed by atoms with Crippen molar-refractivity contribution < 1.29 is 9.47 Å². The molecule has 4 aliphatic carbocycles. The first-order valence-electron chi connectivity index (χ1n) is 14.6. The maximum Gasteiger partial charge on any atom is 0.104 e. The number of hydrogen-bond donors (Lipinski definition) is 0. The molecule has 2 heterocycles. The summed E-state index contributed by atoms with van der Waals surface area (Å²) in [5.74, 6) is 3.28. The molecule has 0 N–H and O–H groups in total. The Morgan fingerprint density at radius 1 is 0.788 bits per heavy atom. The number of rotatable bonds is 4. The molecule has 6 fully saturated rings. The van der Waals surface area contributed by atoms with Gasteiger partial charge in [0.1, 0.15) is 11.2 Å². The van der Waals surface area contributed by atoms with Crippen molar-refractivity contribution in [2.24, 2.45) is 45.3 Å². The highest BCUT2D eigenvalue weighted by Crippen LogP contribution is 2.86. The Morgan fingerprint density at radius 2 is 1.48 bits per heavy atom. The Morgan fingerprint density at radius 3 is 2.15 bits per heavy atom. The lowest BCUT2D eigenvalue weighted by Gasteiger charge is -2.64. The van der Waals surface area contributed by atoms with Crippen LogP contribution in [0, 0.1) is 45.3 Å². The third-order valence-corrected chi connectivity index (χ3v) is 14.4. The predicted molar refractivity (Wildman–Crippen MR) is 135 cm³/mol. The van der Waals surface area contributed by atoms with Crippen LogP contribution in [0.2, 0.25) is 0 Å². The van der Waals surface area contributed by atoms with Crippen LogP contribution in [0.3, 0.4) is 0 Å². The monoisotopic (exact) mass is 456 g/mol. The Balaban J connectivity index is 1.28. The first-order chi connectivity index (χ1) is 15.2. The lowest BCUT2D eigenvalue weighted by molar-refractivity contribution is -0.136. The van der Waals surface area contributed by atoms with E-state index in [0.29, 0.717) is 27.8 Å². The van der Waals surface area contributed by atoms with Gasteiger partial charge < -0.3 is 9.47 Å². The molecule has 0 aromatic heterocycles. The van der Waals surface area contributed by atoms with Gasteiger partial charge >= 0.3 is 0 Å². The minimum absolute atomic E-state index is 0.137. The first kappa shape index (κ1) is 23.3. The third-order valence-electron chi connectivity index (χ3n) is 14.4. The van der Waals surface area contributed by atoms with Gasteiger partial charge in [-0.1, -0.05) is 48.5 Å². The predicted octanol–water partition coefficient (Wildman–Crippen LogP) is 8.18. The molecule has 0 bridgehead atoms. The molecule has 0 radical (unpaired) electrons. The highest BCUT2D eigenvalue weighted by atomic mass is 16.6. The molecule has 2 aliphatic heterocycles. The van der Waals surface area contributed by atoms with Crippen LogP contribution >= 0.6 is 0 Å². The molecular formula is C31H52O2. The lowest BCUT2D eigenvalue weighted by atomic mass is 9.37. The highest BCUT2D eigenvalue weighted by Gasteiger charge is 2.89. The van der Waals surface area contributed by atoms with Gasteiger partial charge in [0.05, 0.1) is 11.7 Å². The van der Waals surface area contributed by atoms with Gasteiger partial charge in [-0.05, 0) is 113 Å². The molecule has 188 valence electrons. The zero-order chi connectivity index (χ0) is 23.9. The molecule has 33 heavy (non-hydrogen) atoms. The fourth-order valence-corrected chi connectivity index (χ4v) is 11.5. The number of epoxide rings is 2. The normalized spacial score (nSPS) is 58.5. The summed E-state index contributed by atoms with van der Waals surface area (Å²) in [6.45, 7) is 22.8. The van der Waals surface area contributed by atoms with Crippen molar-refractivity contribution in [2.75, 3.05) is 0 Å². The molecule has 6 rings (SSSR count). The lowest BCUT2D eigenvalue weighted by Crippen LogP contribution is -2.65. The van der Waals surface area contributed by atoms with Crippen molar-refractivity contribution in [1.82, 2.24) is 0 Å². The van der Waals surface area contributed by atoms with E-state index in [-0.39, 0.29) is 16.8 Å². The third kappa shape index (κ3) is 2.50. The summed E-state index contributed by atoms with van der Waals surface area (Å²) in [4.78, 5) is 0. The van der Waals surface area contributed by atoms with Crippen LogP contribution in [0.15, 0.2) is 0 Å². The maximum absolute atomic E-state index is 7.34. The summed E-state index contributed by atoms with van der Waals surface area (Å²) in [5.41, 5.74) is 2.03. The number of fused-ring (bicyclic) bond motifs is 2. The standard InChI is InChI=1S/C31H52O2/c1-20(10-11-24-26(5,6)32-24)22-13-16-29(9)27(22,7)18-19-30-28(8)15-12-21(2)25(3,4)23(28)14-17-31(29,30)33-30/h20-24H,10-19H2,1-9H3/t20?,21-,22?,23-,24?,27+,28-,29+,30?,31?/m0/s1. The second kappa shape index (κ2) is 6.42. The second-order valence-electron chi connectivity index (χ2n) is 15.7. The van der Waals surface area contributed by atoms with Crippen molar-refractivity contribution in [3.05, 3.63) is 0 Å². The van der Waals surface area contributed by atoms with Gasteiger partial charge in [-0.3, -0.25) is 0 Å². The van der Waals surface area contributed by atoms with Crippen LogP contribution in [0.5, 0.6) is 0 Å². The Kier molecular flexibility index (Phi) is 4.54. The summed E-state index contributed by atoms with van der Waals surface area (Å²) in [6, 6.07) is 0. The van der Waals surface area contributed by atoms with E-state index in [1.807, 2.05) is 0 Å². The van der Waals surface area contributed by atoms with E-state index in [4.69, 9.17) is 9.47 Å². The van der Waals surface area contributed by atoms with E-state index in [9.17, 15) is 0 Å². The molecule has 0 amide bonds. The molecule has 0 aromatic carbocycles. The van der Waals surface area contributed by atoms with Crippen LogP contribution in [-0.2, 0) is 9.47 Å². The fraction of sp³-hybridized carbons (Fsp3) is 1.00. The SMILES string of the molecule is CC(CCC1OC1(C)C)C1CC[C@@]2(C)C34CC[C@H]5C(C)(C)[C@@H](C)CC[C@]5(C)C3(CC[C@]12C)O4. The van der Waals surface area contributed by atoms with Crippen molar-refractivity contribution in [2.45, 2.75) is 149 Å². The molecule has 5 unspecified atom stereocenters. The second-order valence-corrected chi connectivity index (χ2v) is 15.7. The molecule has 0 aromatic rings.